The number of ether oxygens (including phenoxy) is 8. The Labute approximate surface area is 738 Å². The Morgan fingerprint density at radius 3 is 0.975 bits per heavy atom. The maximum absolute atomic E-state index is 15.0. The van der Waals surface area contributed by atoms with E-state index in [1.807, 2.05) is 0 Å². The van der Waals surface area contributed by atoms with Gasteiger partial charge in [0.2, 0.25) is 0 Å². The van der Waals surface area contributed by atoms with Crippen LogP contribution in [0.15, 0.2) is 0 Å². The third kappa shape index (κ3) is 53.6. The molecule has 10 N–H and O–H groups in total. The number of phosphoric ester groups is 1. The molecule has 0 radical (unpaired) electrons. The number of aliphatic hydroxyl groups excluding tert-OH is 9. The Bertz CT molecular complexity index is 2540. The SMILES string of the molecule is CCCCCCCCCCCCCCCCCCC(=O)OCC1OC(OC2C(OC(=O)CCCCCCCCCCCCCCCCCC)C(O)C(O)C(OC3OC(CO)C(O)C(O)C3O)C2OP(=O)(O)OCC(COC(=O)CCCCCCCCC(C)CCCCCCCC)OC(=O)CCCCCCCCCCCCCCCCC)C(O)C(O)C1O. The van der Waals surface area contributed by atoms with Gasteiger partial charge in [-0.25, -0.2) is 4.57 Å². The lowest BCUT2D eigenvalue weighted by Crippen LogP contribution is -2.70. The van der Waals surface area contributed by atoms with Crippen molar-refractivity contribution in [3.63, 3.8) is 0 Å². The van der Waals surface area contributed by atoms with Gasteiger partial charge in [0.05, 0.1) is 13.2 Å². The number of hydrogen-bond acceptors (Lipinski definition) is 24. The first-order valence-corrected chi connectivity index (χ1v) is 51.7. The second-order valence-electron chi connectivity index (χ2n) is 36.3. The van der Waals surface area contributed by atoms with Crippen LogP contribution in [0.5, 0.6) is 0 Å². The smallest absolute Gasteiger partial charge is 0.463 e. The fourth-order valence-electron chi connectivity index (χ4n) is 17.0. The Balaban J connectivity index is 1.90. The molecule has 2 saturated heterocycles. The van der Waals surface area contributed by atoms with Gasteiger partial charge in [-0.1, -0.05) is 401 Å². The van der Waals surface area contributed by atoms with Crippen LogP contribution in [0.1, 0.15) is 452 Å². The maximum atomic E-state index is 15.0. The minimum Gasteiger partial charge on any atom is -0.463 e. The van der Waals surface area contributed by atoms with E-state index >= 15 is 0 Å². The van der Waals surface area contributed by atoms with Gasteiger partial charge in [0.25, 0.3) is 0 Å². The minimum atomic E-state index is -5.81. The molecule has 0 aromatic heterocycles. The molecular formula is C96H181O25P. The molecule has 26 heteroatoms. The molecule has 19 unspecified atom stereocenters. The number of esters is 4. The second-order valence-corrected chi connectivity index (χ2v) is 37.7. The predicted octanol–water partition coefficient (Wildman–Crippen LogP) is 19.6. The molecule has 0 spiro atoms. The summed E-state index contributed by atoms with van der Waals surface area (Å²) in [4.78, 5) is 66.7. The average molecular weight is 1770 g/mol. The molecule has 1 saturated carbocycles. The molecule has 0 amide bonds. The summed E-state index contributed by atoms with van der Waals surface area (Å²) >= 11 is 0. The van der Waals surface area contributed by atoms with E-state index in [9.17, 15) is 74.6 Å². The molecule has 0 aromatic rings. The van der Waals surface area contributed by atoms with Crippen molar-refractivity contribution in [1.29, 1.82) is 0 Å². The molecule has 2 heterocycles. The highest BCUT2D eigenvalue weighted by atomic mass is 31.2. The highest BCUT2D eigenvalue weighted by Crippen LogP contribution is 2.49. The summed E-state index contributed by atoms with van der Waals surface area (Å²) in [7, 11) is -5.81. The molecule has 25 nitrogen and oxygen atoms in total. The van der Waals surface area contributed by atoms with E-state index in [4.69, 9.17) is 46.9 Å². The minimum absolute atomic E-state index is 0.0202. The third-order valence-corrected chi connectivity index (χ3v) is 26.0. The van der Waals surface area contributed by atoms with Crippen molar-refractivity contribution in [3.05, 3.63) is 0 Å². The third-order valence-electron chi connectivity index (χ3n) is 25.0. The molecule has 720 valence electrons. The fourth-order valence-corrected chi connectivity index (χ4v) is 17.9. The summed E-state index contributed by atoms with van der Waals surface area (Å²) in [6.07, 6.45) is 32.0. The van der Waals surface area contributed by atoms with Gasteiger partial charge in [-0.2, -0.15) is 0 Å². The average Bonchev–Trinajstić information content (AvgIpc) is 0.754. The number of rotatable bonds is 82. The number of carbonyl (C=O) groups is 4. The van der Waals surface area contributed by atoms with Gasteiger partial charge >= 0.3 is 31.7 Å². The van der Waals surface area contributed by atoms with Gasteiger partial charge in [-0.05, 0) is 31.6 Å². The van der Waals surface area contributed by atoms with Crippen molar-refractivity contribution in [2.75, 3.05) is 26.4 Å². The first-order chi connectivity index (χ1) is 59.1. The zero-order chi connectivity index (χ0) is 89.1. The zero-order valence-corrected chi connectivity index (χ0v) is 78.1. The second kappa shape index (κ2) is 74.2. The van der Waals surface area contributed by atoms with E-state index in [0.717, 1.165) is 128 Å². The Morgan fingerprint density at radius 2 is 0.615 bits per heavy atom. The van der Waals surface area contributed by atoms with Crippen LogP contribution in [-0.4, -0.2) is 205 Å². The monoisotopic (exact) mass is 1770 g/mol. The Kier molecular flexibility index (Phi) is 69.1. The Morgan fingerprint density at radius 1 is 0.320 bits per heavy atom. The number of carbonyl (C=O) groups excluding carboxylic acids is 4. The van der Waals surface area contributed by atoms with Crippen LogP contribution < -0.4 is 0 Å². The molecule has 0 aromatic carbocycles. The van der Waals surface area contributed by atoms with Gasteiger partial charge < -0.3 is 88.7 Å². The topological polar surface area (TPSA) is 380 Å². The van der Waals surface area contributed by atoms with Gasteiger partial charge in [0.1, 0.15) is 92.6 Å². The summed E-state index contributed by atoms with van der Waals surface area (Å²) in [5.74, 6) is -2.25. The van der Waals surface area contributed by atoms with E-state index in [0.29, 0.717) is 38.0 Å². The summed E-state index contributed by atoms with van der Waals surface area (Å²) in [6, 6.07) is 0. The fraction of sp³-hybridized carbons (Fsp3) is 0.958. The predicted molar refractivity (Wildman–Crippen MR) is 477 cm³/mol. The molecule has 3 fully saturated rings. The van der Waals surface area contributed by atoms with Crippen molar-refractivity contribution >= 4 is 31.7 Å². The highest BCUT2D eigenvalue weighted by Gasteiger charge is 2.60. The molecule has 2 aliphatic heterocycles. The van der Waals surface area contributed by atoms with Crippen LogP contribution in [0.25, 0.3) is 0 Å². The molecule has 3 aliphatic rings. The van der Waals surface area contributed by atoms with Crippen molar-refractivity contribution in [2.45, 2.75) is 556 Å². The highest BCUT2D eigenvalue weighted by molar-refractivity contribution is 7.47. The van der Waals surface area contributed by atoms with E-state index < -0.39 is 162 Å². The summed E-state index contributed by atoms with van der Waals surface area (Å²) < 4.78 is 73.7. The van der Waals surface area contributed by atoms with Crippen LogP contribution in [0, 0.1) is 5.92 Å². The molecule has 19 atom stereocenters. The lowest BCUT2D eigenvalue weighted by molar-refractivity contribution is -0.360. The van der Waals surface area contributed by atoms with Crippen molar-refractivity contribution in [1.82, 2.24) is 0 Å². The number of hydrogen-bond donors (Lipinski definition) is 10. The van der Waals surface area contributed by atoms with Crippen molar-refractivity contribution in [3.8, 4) is 0 Å². The van der Waals surface area contributed by atoms with Crippen LogP contribution in [0.3, 0.4) is 0 Å². The standard InChI is InChI=1S/C96H181O25P/c1-6-10-14-18-22-25-28-31-34-37-39-42-45-48-55-62-68-80(99)113-74-78-84(103)86(105)90(109)96(117-78)120-93-91(118-82(101)70-64-58-50-47-44-41-38-35-32-29-26-23-19-15-11-7-2)87(106)88(107)92(119-95-89(108)85(104)83(102)77(71-97)116-95)94(93)121-122(110,111)114-73-76(115-81(100)69-63-57-49-46-43-40-36-33-30-27-24-20-16-12-8-3)72-112-79(98)67-61-56-52-51-54-60-66-75(5)65-59-53-21-17-13-9-4/h75-78,83-97,102-109H,6-74H2,1-5H3,(H,110,111). The summed E-state index contributed by atoms with van der Waals surface area (Å²) in [6.45, 7) is 8.01. The molecule has 122 heavy (non-hydrogen) atoms. The normalized spacial score (nSPS) is 24.7. The summed E-state index contributed by atoms with van der Waals surface area (Å²) in [5, 5.41) is 103. The first kappa shape index (κ1) is 114. The van der Waals surface area contributed by atoms with Gasteiger partial charge in [-0.15, -0.1) is 0 Å². The van der Waals surface area contributed by atoms with E-state index in [1.165, 1.54) is 231 Å². The van der Waals surface area contributed by atoms with Crippen LogP contribution in [0.4, 0.5) is 0 Å². The van der Waals surface area contributed by atoms with Gasteiger partial charge in [0.15, 0.2) is 24.8 Å². The number of phosphoric acid groups is 1. The molecule has 1 aliphatic carbocycles. The van der Waals surface area contributed by atoms with E-state index in [2.05, 4.69) is 34.6 Å². The van der Waals surface area contributed by atoms with E-state index in [-0.39, 0.29) is 25.7 Å². The number of unbranched alkanes of at least 4 members (excludes halogenated alkanes) is 54. The summed E-state index contributed by atoms with van der Waals surface area (Å²) in [5.41, 5.74) is 0. The van der Waals surface area contributed by atoms with Gasteiger partial charge in [0, 0.05) is 25.7 Å². The van der Waals surface area contributed by atoms with Crippen LogP contribution in [-0.2, 0) is 70.7 Å². The molecule has 3 rings (SSSR count). The lowest BCUT2D eigenvalue weighted by Gasteiger charge is -2.50. The largest absolute Gasteiger partial charge is 0.472 e. The number of aliphatic hydroxyl groups is 9. The molecular weight excluding hydrogens is 1580 g/mol. The Hall–Kier alpha value is -2.53. The van der Waals surface area contributed by atoms with E-state index in [1.54, 1.807) is 0 Å². The van der Waals surface area contributed by atoms with Crippen molar-refractivity contribution < 1.29 is 122 Å². The van der Waals surface area contributed by atoms with Crippen LogP contribution in [0.2, 0.25) is 0 Å². The quantitative estimate of drug-likeness (QED) is 0.0117. The van der Waals surface area contributed by atoms with Crippen LogP contribution >= 0.6 is 7.82 Å². The maximum Gasteiger partial charge on any atom is 0.472 e. The first-order valence-electron chi connectivity index (χ1n) is 50.2. The molecule has 0 bridgehead atoms. The zero-order valence-electron chi connectivity index (χ0n) is 77.2. The van der Waals surface area contributed by atoms with Crippen molar-refractivity contribution in [2.24, 2.45) is 5.92 Å². The lowest BCUT2D eigenvalue weighted by atomic mass is 9.84. The van der Waals surface area contributed by atoms with Gasteiger partial charge in [-0.3, -0.25) is 28.2 Å².